The van der Waals surface area contributed by atoms with Crippen molar-refractivity contribution in [3.8, 4) is 11.5 Å². The summed E-state index contributed by atoms with van der Waals surface area (Å²) < 4.78 is 11.0. The van der Waals surface area contributed by atoms with E-state index in [1.165, 1.54) is 50.9 Å². The van der Waals surface area contributed by atoms with Crippen LogP contribution in [0, 0.1) is 5.92 Å². The van der Waals surface area contributed by atoms with E-state index in [9.17, 15) is 4.79 Å². The number of carbonyl (C=O) groups is 1. The van der Waals surface area contributed by atoms with Gasteiger partial charge in [-0.3, -0.25) is 9.78 Å². The van der Waals surface area contributed by atoms with Crippen molar-refractivity contribution in [2.24, 2.45) is 5.92 Å². The second-order valence-corrected chi connectivity index (χ2v) is 9.49. The molecule has 0 amide bonds. The molecule has 0 spiro atoms. The Bertz CT molecular complexity index is 828. The van der Waals surface area contributed by atoms with Crippen LogP contribution < -0.4 is 0 Å². The molecular formula is C22H31ClN4O3. The van der Waals surface area contributed by atoms with Crippen molar-refractivity contribution < 1.29 is 14.1 Å². The van der Waals surface area contributed by atoms with Gasteiger partial charge in [0.2, 0.25) is 11.7 Å². The summed E-state index contributed by atoms with van der Waals surface area (Å²) >= 11 is 5.92. The van der Waals surface area contributed by atoms with Crippen molar-refractivity contribution in [2.75, 3.05) is 0 Å². The lowest BCUT2D eigenvalue weighted by atomic mass is 9.84. The summed E-state index contributed by atoms with van der Waals surface area (Å²) in [5.74, 6) is 1.10. The number of carbonyl (C=O) groups excluding carboxylic acids is 1. The number of hydrogen-bond donors (Lipinski definition) is 0. The van der Waals surface area contributed by atoms with Crippen LogP contribution >= 0.6 is 11.6 Å². The molecule has 1 atom stereocenters. The molecule has 1 aliphatic rings. The number of esters is 1. The molecule has 2 aromatic rings. The van der Waals surface area contributed by atoms with E-state index in [2.05, 4.69) is 20.1 Å². The summed E-state index contributed by atoms with van der Waals surface area (Å²) in [6.07, 6.45) is 12.8. The molecule has 1 aliphatic carbocycles. The van der Waals surface area contributed by atoms with Gasteiger partial charge >= 0.3 is 5.97 Å². The first-order valence-electron chi connectivity index (χ1n) is 10.8. The Balaban J connectivity index is 1.68. The molecule has 164 valence electrons. The summed E-state index contributed by atoms with van der Waals surface area (Å²) in [7, 11) is 0. The quantitative estimate of drug-likeness (QED) is 0.488. The number of rotatable bonds is 8. The predicted molar refractivity (Wildman–Crippen MR) is 114 cm³/mol. The lowest BCUT2D eigenvalue weighted by Crippen LogP contribution is -2.25. The van der Waals surface area contributed by atoms with Crippen LogP contribution in [0.2, 0.25) is 5.15 Å². The Morgan fingerprint density at radius 2 is 2.00 bits per heavy atom. The molecule has 0 aromatic carbocycles. The van der Waals surface area contributed by atoms with Crippen LogP contribution in [0.15, 0.2) is 16.9 Å². The molecule has 1 fully saturated rings. The van der Waals surface area contributed by atoms with Crippen LogP contribution in [0.5, 0.6) is 0 Å². The van der Waals surface area contributed by atoms with Crippen molar-refractivity contribution in [3.63, 3.8) is 0 Å². The molecule has 3 rings (SSSR count). The molecule has 1 unspecified atom stereocenters. The molecule has 30 heavy (non-hydrogen) atoms. The summed E-state index contributed by atoms with van der Waals surface area (Å²) in [6, 6.07) is 0. The molecule has 0 bridgehead atoms. The fourth-order valence-corrected chi connectivity index (χ4v) is 4.13. The third-order valence-corrected chi connectivity index (χ3v) is 5.53. The minimum atomic E-state index is -0.528. The molecule has 8 heteroatoms. The maximum absolute atomic E-state index is 12.5. The van der Waals surface area contributed by atoms with Crippen molar-refractivity contribution >= 4 is 17.6 Å². The largest absolute Gasteiger partial charge is 0.460 e. The molecular weight excluding hydrogens is 404 g/mol. The Morgan fingerprint density at radius 3 is 2.70 bits per heavy atom. The third-order valence-electron chi connectivity index (χ3n) is 5.35. The first-order chi connectivity index (χ1) is 14.3. The average Bonchev–Trinajstić information content (AvgIpc) is 3.17. The number of hydrogen-bond acceptors (Lipinski definition) is 7. The van der Waals surface area contributed by atoms with E-state index in [0.717, 1.165) is 18.8 Å². The van der Waals surface area contributed by atoms with Gasteiger partial charge in [-0.2, -0.15) is 4.98 Å². The zero-order valence-electron chi connectivity index (χ0n) is 18.1. The second kappa shape index (κ2) is 10.3. The van der Waals surface area contributed by atoms with Gasteiger partial charge in [-0.25, -0.2) is 4.98 Å². The molecule has 1 saturated carbocycles. The number of halogens is 1. The SMILES string of the molecule is CC(C)(C)OC(=O)CC(CCCC1CCCCC1)c1nc(-c2cncc(Cl)n2)no1. The van der Waals surface area contributed by atoms with Gasteiger partial charge in [-0.1, -0.05) is 61.7 Å². The predicted octanol–water partition coefficient (Wildman–Crippen LogP) is 5.75. The molecule has 2 aromatic heterocycles. The molecule has 0 radical (unpaired) electrons. The van der Waals surface area contributed by atoms with Crippen LogP contribution in [0.1, 0.15) is 90.4 Å². The third kappa shape index (κ3) is 7.04. The fraction of sp³-hybridized carbons (Fsp3) is 0.682. The van der Waals surface area contributed by atoms with Crippen molar-refractivity contribution in [3.05, 3.63) is 23.4 Å². The molecule has 0 N–H and O–H groups in total. The van der Waals surface area contributed by atoms with Gasteiger partial charge in [0.25, 0.3) is 0 Å². The topological polar surface area (TPSA) is 91.0 Å². The molecule has 7 nitrogen and oxygen atoms in total. The zero-order valence-corrected chi connectivity index (χ0v) is 18.8. The normalized spacial score (nSPS) is 16.4. The first kappa shape index (κ1) is 22.7. The molecule has 0 aliphatic heterocycles. The highest BCUT2D eigenvalue weighted by Gasteiger charge is 2.26. The minimum absolute atomic E-state index is 0.183. The Hall–Kier alpha value is -2.02. The highest BCUT2D eigenvalue weighted by atomic mass is 35.5. The van der Waals surface area contributed by atoms with E-state index in [0.29, 0.717) is 17.4 Å². The monoisotopic (exact) mass is 434 g/mol. The maximum Gasteiger partial charge on any atom is 0.307 e. The van der Waals surface area contributed by atoms with Crippen LogP contribution in [-0.2, 0) is 9.53 Å². The smallest absolute Gasteiger partial charge is 0.307 e. The van der Waals surface area contributed by atoms with Gasteiger partial charge in [0.15, 0.2) is 0 Å². The lowest BCUT2D eigenvalue weighted by Gasteiger charge is -2.23. The maximum atomic E-state index is 12.5. The van der Waals surface area contributed by atoms with Crippen molar-refractivity contribution in [2.45, 2.75) is 90.1 Å². The average molecular weight is 435 g/mol. The lowest BCUT2D eigenvalue weighted by molar-refractivity contribution is -0.155. The Labute approximate surface area is 183 Å². The van der Waals surface area contributed by atoms with E-state index in [1.807, 2.05) is 20.8 Å². The zero-order chi connectivity index (χ0) is 21.6. The van der Waals surface area contributed by atoms with E-state index in [-0.39, 0.29) is 23.5 Å². The molecule has 0 saturated heterocycles. The van der Waals surface area contributed by atoms with Crippen LogP contribution in [0.25, 0.3) is 11.5 Å². The number of aromatic nitrogens is 4. The van der Waals surface area contributed by atoms with E-state index in [1.54, 1.807) is 0 Å². The Kier molecular flexibility index (Phi) is 7.81. The highest BCUT2D eigenvalue weighted by molar-refractivity contribution is 6.29. The molecule has 2 heterocycles. The van der Waals surface area contributed by atoms with Gasteiger partial charge in [-0.05, 0) is 33.1 Å². The number of ether oxygens (including phenoxy) is 1. The van der Waals surface area contributed by atoms with Gasteiger partial charge < -0.3 is 9.26 Å². The van der Waals surface area contributed by atoms with Crippen molar-refractivity contribution in [1.29, 1.82) is 0 Å². The standard InChI is InChI=1S/C22H31ClN4O3/c1-22(2,3)29-19(28)12-16(11-7-10-15-8-5-4-6-9-15)21-26-20(27-30-21)17-13-24-14-18(23)25-17/h13-16H,4-12H2,1-3H3. The van der Waals surface area contributed by atoms with Crippen LogP contribution in [0.4, 0.5) is 0 Å². The summed E-state index contributed by atoms with van der Waals surface area (Å²) in [4.78, 5) is 25.2. The minimum Gasteiger partial charge on any atom is -0.460 e. The Morgan fingerprint density at radius 1 is 1.23 bits per heavy atom. The van der Waals surface area contributed by atoms with Crippen LogP contribution in [-0.4, -0.2) is 31.7 Å². The second-order valence-electron chi connectivity index (χ2n) is 9.11. The van der Waals surface area contributed by atoms with Gasteiger partial charge in [0, 0.05) is 5.92 Å². The number of nitrogens with zero attached hydrogens (tertiary/aromatic N) is 4. The highest BCUT2D eigenvalue weighted by Crippen LogP contribution is 2.32. The summed E-state index contributed by atoms with van der Waals surface area (Å²) in [6.45, 7) is 5.60. The van der Waals surface area contributed by atoms with Crippen LogP contribution in [0.3, 0.4) is 0 Å². The van der Waals surface area contributed by atoms with E-state index in [4.69, 9.17) is 20.9 Å². The van der Waals surface area contributed by atoms with Crippen molar-refractivity contribution in [1.82, 2.24) is 20.1 Å². The summed E-state index contributed by atoms with van der Waals surface area (Å²) in [5, 5.41) is 4.29. The fourth-order valence-electron chi connectivity index (χ4n) is 3.98. The summed E-state index contributed by atoms with van der Waals surface area (Å²) in [5.41, 5.74) is -0.0872. The van der Waals surface area contributed by atoms with E-state index < -0.39 is 5.60 Å². The first-order valence-corrected chi connectivity index (χ1v) is 11.2. The van der Waals surface area contributed by atoms with Gasteiger partial charge in [-0.15, -0.1) is 0 Å². The van der Waals surface area contributed by atoms with Gasteiger partial charge in [0.1, 0.15) is 16.4 Å². The van der Waals surface area contributed by atoms with E-state index >= 15 is 0 Å². The van der Waals surface area contributed by atoms with Gasteiger partial charge in [0.05, 0.1) is 18.8 Å².